The number of hydrogen-bond acceptors (Lipinski definition) is 4. The predicted octanol–water partition coefficient (Wildman–Crippen LogP) is 0.562. The Balaban J connectivity index is 1.70. The molecule has 0 saturated carbocycles. The van der Waals surface area contributed by atoms with Crippen molar-refractivity contribution in [3.05, 3.63) is 41.7 Å². The van der Waals surface area contributed by atoms with Crippen LogP contribution in [0.15, 0.2) is 30.3 Å². The summed E-state index contributed by atoms with van der Waals surface area (Å²) in [7, 11) is 0. The third kappa shape index (κ3) is 3.37. The number of nitrogens with one attached hydrogen (secondary N) is 2. The molecule has 6 heteroatoms. The van der Waals surface area contributed by atoms with Gasteiger partial charge in [-0.15, -0.1) is 10.2 Å². The zero-order chi connectivity index (χ0) is 11.9. The van der Waals surface area contributed by atoms with E-state index in [0.717, 1.165) is 6.42 Å². The van der Waals surface area contributed by atoms with Gasteiger partial charge in [-0.25, -0.2) is 0 Å². The summed E-state index contributed by atoms with van der Waals surface area (Å²) in [5, 5.41) is 16.3. The topological polar surface area (TPSA) is 83.6 Å². The monoisotopic (exact) mass is 231 g/mol. The number of aryl methyl sites for hydroxylation is 1. The summed E-state index contributed by atoms with van der Waals surface area (Å²) in [6, 6.07) is 9.14. The third-order valence-electron chi connectivity index (χ3n) is 2.29. The van der Waals surface area contributed by atoms with Crippen molar-refractivity contribution in [2.45, 2.75) is 12.8 Å². The Morgan fingerprint density at radius 2 is 2.12 bits per heavy atom. The van der Waals surface area contributed by atoms with E-state index < -0.39 is 0 Å². The lowest BCUT2D eigenvalue weighted by molar-refractivity contribution is 0.0953. The van der Waals surface area contributed by atoms with Gasteiger partial charge in [0.2, 0.25) is 0 Å². The predicted molar refractivity (Wildman–Crippen MR) is 61.3 cm³/mol. The minimum atomic E-state index is -0.0567. The van der Waals surface area contributed by atoms with E-state index in [1.54, 1.807) is 12.1 Å². The number of aromatic nitrogens is 4. The molecule has 0 unspecified atom stereocenters. The van der Waals surface area contributed by atoms with Crippen LogP contribution in [0.25, 0.3) is 0 Å². The van der Waals surface area contributed by atoms with E-state index in [-0.39, 0.29) is 5.91 Å². The first-order valence-electron chi connectivity index (χ1n) is 5.42. The van der Waals surface area contributed by atoms with Gasteiger partial charge >= 0.3 is 0 Å². The Labute approximate surface area is 98.4 Å². The average molecular weight is 231 g/mol. The molecule has 0 fully saturated rings. The molecule has 0 bridgehead atoms. The molecule has 0 aliphatic carbocycles. The van der Waals surface area contributed by atoms with Gasteiger partial charge in [0.05, 0.1) is 0 Å². The second-order valence-electron chi connectivity index (χ2n) is 3.55. The summed E-state index contributed by atoms with van der Waals surface area (Å²) in [4.78, 5) is 11.6. The van der Waals surface area contributed by atoms with E-state index in [9.17, 15) is 4.79 Å². The quantitative estimate of drug-likeness (QED) is 0.736. The number of amides is 1. The van der Waals surface area contributed by atoms with Crippen LogP contribution in [0.1, 0.15) is 22.6 Å². The number of nitrogens with zero attached hydrogens (tertiary/aromatic N) is 3. The summed E-state index contributed by atoms with van der Waals surface area (Å²) >= 11 is 0. The van der Waals surface area contributed by atoms with Crippen molar-refractivity contribution in [3.63, 3.8) is 0 Å². The average Bonchev–Trinajstić information content (AvgIpc) is 2.88. The van der Waals surface area contributed by atoms with Crippen molar-refractivity contribution in [1.82, 2.24) is 25.9 Å². The molecule has 6 nitrogen and oxygen atoms in total. The number of H-pyrrole nitrogens is 1. The molecule has 0 aliphatic heterocycles. The lowest BCUT2D eigenvalue weighted by Gasteiger charge is -2.03. The van der Waals surface area contributed by atoms with Crippen molar-refractivity contribution in [2.24, 2.45) is 0 Å². The molecule has 1 heterocycles. The highest BCUT2D eigenvalue weighted by molar-refractivity contribution is 5.94. The van der Waals surface area contributed by atoms with Crippen LogP contribution in [-0.4, -0.2) is 33.1 Å². The van der Waals surface area contributed by atoms with Crippen LogP contribution in [0, 0.1) is 0 Å². The van der Waals surface area contributed by atoms with Crippen LogP contribution in [0.5, 0.6) is 0 Å². The summed E-state index contributed by atoms with van der Waals surface area (Å²) < 4.78 is 0. The number of carbonyl (C=O) groups is 1. The first kappa shape index (κ1) is 11.3. The van der Waals surface area contributed by atoms with Gasteiger partial charge in [-0.1, -0.05) is 23.4 Å². The Bertz CT molecular complexity index is 454. The molecule has 0 aliphatic rings. The minimum absolute atomic E-state index is 0.0567. The molecule has 0 atom stereocenters. The van der Waals surface area contributed by atoms with Gasteiger partial charge in [-0.05, 0) is 18.6 Å². The van der Waals surface area contributed by atoms with Crippen LogP contribution in [-0.2, 0) is 6.42 Å². The third-order valence-corrected chi connectivity index (χ3v) is 2.29. The highest BCUT2D eigenvalue weighted by Crippen LogP contribution is 1.98. The van der Waals surface area contributed by atoms with Crippen molar-refractivity contribution in [2.75, 3.05) is 6.54 Å². The van der Waals surface area contributed by atoms with Gasteiger partial charge in [0, 0.05) is 18.5 Å². The molecule has 88 valence electrons. The van der Waals surface area contributed by atoms with Crippen molar-refractivity contribution in [3.8, 4) is 0 Å². The van der Waals surface area contributed by atoms with E-state index in [1.807, 2.05) is 18.2 Å². The Kier molecular flexibility index (Phi) is 3.80. The second-order valence-corrected chi connectivity index (χ2v) is 3.55. The molecule has 1 aromatic heterocycles. The normalized spacial score (nSPS) is 10.1. The number of rotatable bonds is 5. The van der Waals surface area contributed by atoms with E-state index in [1.165, 1.54) is 0 Å². The van der Waals surface area contributed by atoms with Crippen LogP contribution >= 0.6 is 0 Å². The zero-order valence-corrected chi connectivity index (χ0v) is 9.26. The molecular formula is C11H13N5O. The lowest BCUT2D eigenvalue weighted by Crippen LogP contribution is -2.24. The first-order chi connectivity index (χ1) is 8.36. The fraction of sp³-hybridized carbons (Fsp3) is 0.273. The molecule has 2 aromatic rings. The Morgan fingerprint density at radius 1 is 1.29 bits per heavy atom. The van der Waals surface area contributed by atoms with Crippen LogP contribution in [0.3, 0.4) is 0 Å². The van der Waals surface area contributed by atoms with E-state index in [2.05, 4.69) is 25.9 Å². The first-order valence-corrected chi connectivity index (χ1v) is 5.42. The fourth-order valence-corrected chi connectivity index (χ4v) is 1.43. The molecule has 2 rings (SSSR count). The smallest absolute Gasteiger partial charge is 0.251 e. The van der Waals surface area contributed by atoms with Gasteiger partial charge in [0.25, 0.3) is 5.91 Å². The number of benzene rings is 1. The maximum Gasteiger partial charge on any atom is 0.251 e. The maximum atomic E-state index is 11.6. The molecule has 1 aromatic carbocycles. The van der Waals surface area contributed by atoms with Gasteiger partial charge in [-0.2, -0.15) is 5.21 Å². The summed E-state index contributed by atoms with van der Waals surface area (Å²) in [6.45, 7) is 0.599. The van der Waals surface area contributed by atoms with E-state index >= 15 is 0 Å². The van der Waals surface area contributed by atoms with Gasteiger partial charge in [0.1, 0.15) is 0 Å². The van der Waals surface area contributed by atoms with Crippen molar-refractivity contribution >= 4 is 5.91 Å². The van der Waals surface area contributed by atoms with Gasteiger partial charge < -0.3 is 5.32 Å². The number of hydrogen-bond donors (Lipinski definition) is 2. The highest BCUT2D eigenvalue weighted by atomic mass is 16.1. The van der Waals surface area contributed by atoms with E-state index in [4.69, 9.17) is 0 Å². The van der Waals surface area contributed by atoms with Crippen LogP contribution in [0.2, 0.25) is 0 Å². The lowest BCUT2D eigenvalue weighted by atomic mass is 10.2. The molecule has 1 amide bonds. The SMILES string of the molecule is O=C(NCCCc1nn[nH]n1)c1ccccc1. The Morgan fingerprint density at radius 3 is 2.82 bits per heavy atom. The summed E-state index contributed by atoms with van der Waals surface area (Å²) in [5.74, 6) is 0.609. The molecule has 0 saturated heterocycles. The summed E-state index contributed by atoms with van der Waals surface area (Å²) in [6.07, 6.45) is 1.49. The maximum absolute atomic E-state index is 11.6. The largest absolute Gasteiger partial charge is 0.352 e. The van der Waals surface area contributed by atoms with E-state index in [0.29, 0.717) is 24.4 Å². The number of tetrazole rings is 1. The standard InChI is InChI=1S/C11H13N5O/c17-11(9-5-2-1-3-6-9)12-8-4-7-10-13-15-16-14-10/h1-3,5-6H,4,7-8H2,(H,12,17)(H,13,14,15,16). The molecule has 0 spiro atoms. The molecule has 2 N–H and O–H groups in total. The van der Waals surface area contributed by atoms with Crippen molar-refractivity contribution < 1.29 is 4.79 Å². The second kappa shape index (κ2) is 5.74. The van der Waals surface area contributed by atoms with Gasteiger partial charge in [0.15, 0.2) is 5.82 Å². The molecular weight excluding hydrogens is 218 g/mol. The number of aromatic amines is 1. The molecule has 17 heavy (non-hydrogen) atoms. The highest BCUT2D eigenvalue weighted by Gasteiger charge is 2.03. The zero-order valence-electron chi connectivity index (χ0n) is 9.26. The van der Waals surface area contributed by atoms with Gasteiger partial charge in [-0.3, -0.25) is 4.79 Å². The number of carbonyl (C=O) groups excluding carboxylic acids is 1. The van der Waals surface area contributed by atoms with Crippen molar-refractivity contribution in [1.29, 1.82) is 0 Å². The van der Waals surface area contributed by atoms with Crippen LogP contribution in [0.4, 0.5) is 0 Å². The summed E-state index contributed by atoms with van der Waals surface area (Å²) in [5.41, 5.74) is 0.673. The fourth-order valence-electron chi connectivity index (χ4n) is 1.43. The van der Waals surface area contributed by atoms with Crippen LogP contribution < -0.4 is 5.32 Å². The molecule has 0 radical (unpaired) electrons. The Hall–Kier alpha value is -2.24. The minimum Gasteiger partial charge on any atom is -0.352 e.